The molecule has 102 valence electrons. The predicted octanol–water partition coefficient (Wildman–Crippen LogP) is 1.92. The summed E-state index contributed by atoms with van der Waals surface area (Å²) in [7, 11) is 0. The van der Waals surface area contributed by atoms with Gasteiger partial charge in [0, 0.05) is 0 Å². The number of benzene rings is 1. The van der Waals surface area contributed by atoms with E-state index in [9.17, 15) is 22.8 Å². The molecule has 1 aromatic rings. The second-order valence-corrected chi connectivity index (χ2v) is 4.39. The van der Waals surface area contributed by atoms with Gasteiger partial charge in [0.05, 0.1) is 23.1 Å². The lowest BCUT2D eigenvalue weighted by Crippen LogP contribution is -2.22. The van der Waals surface area contributed by atoms with Crippen LogP contribution in [0.1, 0.15) is 16.8 Å². The summed E-state index contributed by atoms with van der Waals surface area (Å²) in [5.74, 6) is -4.16. The Kier molecular flexibility index (Phi) is 3.21. The molecule has 0 aliphatic heterocycles. The Balaban J connectivity index is 2.07. The first-order chi connectivity index (χ1) is 8.80. The van der Waals surface area contributed by atoms with E-state index in [2.05, 4.69) is 5.32 Å². The van der Waals surface area contributed by atoms with Crippen molar-refractivity contribution in [2.24, 2.45) is 17.6 Å². The molecule has 4 nitrogen and oxygen atoms in total. The largest absolute Gasteiger partial charge is 0.392 e. The third kappa shape index (κ3) is 2.86. The van der Waals surface area contributed by atoms with Crippen LogP contribution in [0.5, 0.6) is 0 Å². The Morgan fingerprint density at radius 2 is 1.89 bits per heavy atom. The van der Waals surface area contributed by atoms with Gasteiger partial charge >= 0.3 is 6.18 Å². The van der Waals surface area contributed by atoms with Crippen molar-refractivity contribution < 1.29 is 22.8 Å². The summed E-state index contributed by atoms with van der Waals surface area (Å²) in [6, 6.07) is 5.91. The van der Waals surface area contributed by atoms with Crippen LogP contribution in [-0.4, -0.2) is 18.0 Å². The highest BCUT2D eigenvalue weighted by Gasteiger charge is 2.58. The van der Waals surface area contributed by atoms with Crippen molar-refractivity contribution in [2.45, 2.75) is 12.6 Å². The summed E-state index contributed by atoms with van der Waals surface area (Å²) in [6.45, 7) is 0. The summed E-state index contributed by atoms with van der Waals surface area (Å²) >= 11 is 0. The molecular weight excluding hydrogens is 261 g/mol. The number of nitrogens with two attached hydrogens (primary N) is 1. The second-order valence-electron chi connectivity index (χ2n) is 4.39. The average molecular weight is 272 g/mol. The molecule has 0 heterocycles. The van der Waals surface area contributed by atoms with Crippen LogP contribution < -0.4 is 11.1 Å². The van der Waals surface area contributed by atoms with Gasteiger partial charge in [-0.3, -0.25) is 9.59 Å². The van der Waals surface area contributed by atoms with E-state index in [1.165, 1.54) is 12.1 Å². The number of alkyl halides is 3. The van der Waals surface area contributed by atoms with Crippen molar-refractivity contribution >= 4 is 17.5 Å². The van der Waals surface area contributed by atoms with Crippen molar-refractivity contribution in [3.8, 4) is 0 Å². The van der Waals surface area contributed by atoms with Crippen molar-refractivity contribution in [1.29, 1.82) is 0 Å². The zero-order chi connectivity index (χ0) is 14.2. The van der Waals surface area contributed by atoms with Gasteiger partial charge in [-0.1, -0.05) is 12.1 Å². The van der Waals surface area contributed by atoms with E-state index >= 15 is 0 Å². The molecule has 1 aliphatic rings. The Morgan fingerprint density at radius 3 is 2.42 bits per heavy atom. The minimum absolute atomic E-state index is 0.0695. The van der Waals surface area contributed by atoms with Gasteiger partial charge in [0.1, 0.15) is 0 Å². The number of anilines is 1. The number of primary amides is 1. The fourth-order valence-electron chi connectivity index (χ4n) is 1.88. The number of para-hydroxylation sites is 1. The molecule has 3 N–H and O–H groups in total. The standard InChI is InChI=1S/C12H11F3N2O2/c13-12(14,15)8-5-7(8)11(19)17-9-4-2-1-3-6(9)10(16)18/h1-4,7-8H,5H2,(H2,16,18)(H,17,19). The zero-order valence-electron chi connectivity index (χ0n) is 9.70. The molecule has 2 rings (SSSR count). The molecule has 1 aromatic carbocycles. The second kappa shape index (κ2) is 4.56. The molecule has 2 atom stereocenters. The van der Waals surface area contributed by atoms with E-state index < -0.39 is 29.8 Å². The third-order valence-electron chi connectivity index (χ3n) is 3.00. The lowest BCUT2D eigenvalue weighted by Gasteiger charge is -2.09. The number of amides is 2. The van der Waals surface area contributed by atoms with Crippen LogP contribution in [0.15, 0.2) is 24.3 Å². The molecule has 1 saturated carbocycles. The zero-order valence-corrected chi connectivity index (χ0v) is 9.70. The summed E-state index contributed by atoms with van der Waals surface area (Å²) in [6.07, 6.45) is -4.57. The summed E-state index contributed by atoms with van der Waals surface area (Å²) in [5, 5.41) is 2.32. The van der Waals surface area contributed by atoms with Crippen LogP contribution in [0, 0.1) is 11.8 Å². The minimum atomic E-state index is -4.36. The van der Waals surface area contributed by atoms with Crippen LogP contribution in [0.25, 0.3) is 0 Å². The number of carbonyl (C=O) groups excluding carboxylic acids is 2. The van der Waals surface area contributed by atoms with Crippen LogP contribution in [0.2, 0.25) is 0 Å². The Labute approximate surface area is 106 Å². The molecule has 2 amide bonds. The molecule has 0 spiro atoms. The van der Waals surface area contributed by atoms with Crippen LogP contribution in [-0.2, 0) is 4.79 Å². The van der Waals surface area contributed by atoms with Crippen LogP contribution in [0.4, 0.5) is 18.9 Å². The Hall–Kier alpha value is -2.05. The molecule has 7 heteroatoms. The summed E-state index contributed by atoms with van der Waals surface area (Å²) < 4.78 is 37.0. The SMILES string of the molecule is NC(=O)c1ccccc1NC(=O)C1CC1C(F)(F)F. The summed E-state index contributed by atoms with van der Waals surface area (Å²) in [4.78, 5) is 22.7. The maximum atomic E-state index is 12.3. The number of hydrogen-bond acceptors (Lipinski definition) is 2. The number of halogens is 3. The van der Waals surface area contributed by atoms with E-state index in [-0.39, 0.29) is 17.7 Å². The molecule has 0 bridgehead atoms. The van der Waals surface area contributed by atoms with Gasteiger partial charge in [-0.25, -0.2) is 0 Å². The highest BCUT2D eigenvalue weighted by Crippen LogP contribution is 2.50. The normalized spacial score (nSPS) is 21.8. The Morgan fingerprint density at radius 1 is 1.26 bits per heavy atom. The van der Waals surface area contributed by atoms with Gasteiger partial charge < -0.3 is 11.1 Å². The van der Waals surface area contributed by atoms with E-state index in [0.717, 1.165) is 0 Å². The van der Waals surface area contributed by atoms with Gasteiger partial charge in [0.15, 0.2) is 0 Å². The summed E-state index contributed by atoms with van der Waals surface area (Å²) in [5.41, 5.74) is 5.31. The van der Waals surface area contributed by atoms with Gasteiger partial charge in [0.25, 0.3) is 5.91 Å². The van der Waals surface area contributed by atoms with Gasteiger partial charge in [-0.05, 0) is 18.6 Å². The molecule has 1 aliphatic carbocycles. The number of rotatable bonds is 3. The van der Waals surface area contributed by atoms with Crippen molar-refractivity contribution in [2.75, 3.05) is 5.32 Å². The first-order valence-electron chi connectivity index (χ1n) is 5.57. The fourth-order valence-corrected chi connectivity index (χ4v) is 1.88. The van der Waals surface area contributed by atoms with Gasteiger partial charge in [-0.2, -0.15) is 13.2 Å². The van der Waals surface area contributed by atoms with Crippen LogP contribution in [0.3, 0.4) is 0 Å². The quantitative estimate of drug-likeness (QED) is 0.882. The monoisotopic (exact) mass is 272 g/mol. The lowest BCUT2D eigenvalue weighted by molar-refractivity contribution is -0.153. The number of hydrogen-bond donors (Lipinski definition) is 2. The van der Waals surface area contributed by atoms with Crippen molar-refractivity contribution in [3.63, 3.8) is 0 Å². The third-order valence-corrected chi connectivity index (χ3v) is 3.00. The maximum Gasteiger partial charge on any atom is 0.392 e. The predicted molar refractivity (Wildman–Crippen MR) is 61.2 cm³/mol. The smallest absolute Gasteiger partial charge is 0.366 e. The van der Waals surface area contributed by atoms with Crippen molar-refractivity contribution in [1.82, 2.24) is 0 Å². The van der Waals surface area contributed by atoms with E-state index in [1.807, 2.05) is 0 Å². The van der Waals surface area contributed by atoms with E-state index in [1.54, 1.807) is 12.1 Å². The Bertz CT molecular complexity index is 528. The maximum absolute atomic E-state index is 12.3. The van der Waals surface area contributed by atoms with E-state index in [4.69, 9.17) is 5.73 Å². The van der Waals surface area contributed by atoms with Gasteiger partial charge in [0.2, 0.25) is 5.91 Å². The number of nitrogens with one attached hydrogen (secondary N) is 1. The van der Waals surface area contributed by atoms with Crippen molar-refractivity contribution in [3.05, 3.63) is 29.8 Å². The number of carbonyl (C=O) groups is 2. The average Bonchev–Trinajstić information content (AvgIpc) is 3.08. The highest BCUT2D eigenvalue weighted by molar-refractivity contribution is 6.04. The highest BCUT2D eigenvalue weighted by atomic mass is 19.4. The van der Waals surface area contributed by atoms with Gasteiger partial charge in [-0.15, -0.1) is 0 Å². The molecule has 0 aromatic heterocycles. The first-order valence-corrected chi connectivity index (χ1v) is 5.57. The molecule has 2 unspecified atom stereocenters. The van der Waals surface area contributed by atoms with E-state index in [0.29, 0.717) is 0 Å². The molecule has 19 heavy (non-hydrogen) atoms. The molecule has 1 fully saturated rings. The first kappa shape index (κ1) is 13.4. The molecule has 0 saturated heterocycles. The lowest BCUT2D eigenvalue weighted by atomic mass is 10.1. The topological polar surface area (TPSA) is 72.2 Å². The minimum Gasteiger partial charge on any atom is -0.366 e. The van der Waals surface area contributed by atoms with Crippen LogP contribution >= 0.6 is 0 Å². The molecule has 0 radical (unpaired) electrons. The fraction of sp³-hybridized carbons (Fsp3) is 0.333. The molecular formula is C12H11F3N2O2.